The molecule has 1 fully saturated rings. The van der Waals surface area contributed by atoms with Crippen LogP contribution >= 0.6 is 0 Å². The van der Waals surface area contributed by atoms with E-state index in [1.54, 1.807) is 24.3 Å². The fourth-order valence-electron chi connectivity index (χ4n) is 2.30. The smallest absolute Gasteiger partial charge is 0.224 e. The standard InChI is InChI=1S/C14H20N2O2/c17-13-4-2-1-3-12(13)16-14(18)6-5-11-7-9-15-10-8-11/h1-4,11,15,17H,5-10H2,(H,16,18). The molecule has 2 rings (SSSR count). The van der Waals surface area contributed by atoms with Gasteiger partial charge in [0.05, 0.1) is 5.69 Å². The molecule has 1 saturated heterocycles. The number of piperidine rings is 1. The third-order valence-electron chi connectivity index (χ3n) is 3.42. The van der Waals surface area contributed by atoms with Crippen LogP contribution in [0.25, 0.3) is 0 Å². The van der Waals surface area contributed by atoms with Gasteiger partial charge in [0.1, 0.15) is 5.75 Å². The number of para-hydroxylation sites is 2. The van der Waals surface area contributed by atoms with Crippen molar-refractivity contribution in [2.24, 2.45) is 5.92 Å². The van der Waals surface area contributed by atoms with E-state index in [0.717, 1.165) is 32.4 Å². The van der Waals surface area contributed by atoms with Gasteiger partial charge in [0.2, 0.25) is 5.91 Å². The number of rotatable bonds is 4. The Morgan fingerprint density at radius 3 is 2.78 bits per heavy atom. The maximum absolute atomic E-state index is 11.8. The molecule has 1 aliphatic rings. The SMILES string of the molecule is O=C(CCC1CCNCC1)Nc1ccccc1O. The summed E-state index contributed by atoms with van der Waals surface area (Å²) in [5.74, 6) is 0.754. The highest BCUT2D eigenvalue weighted by molar-refractivity contribution is 5.92. The average molecular weight is 248 g/mol. The first-order valence-corrected chi connectivity index (χ1v) is 6.54. The van der Waals surface area contributed by atoms with Gasteiger partial charge >= 0.3 is 0 Å². The van der Waals surface area contributed by atoms with Gasteiger partial charge in [-0.05, 0) is 50.4 Å². The summed E-state index contributed by atoms with van der Waals surface area (Å²) in [5, 5.41) is 15.6. The number of phenolic OH excluding ortho intramolecular Hbond substituents is 1. The van der Waals surface area contributed by atoms with Crippen LogP contribution in [0.4, 0.5) is 5.69 Å². The minimum Gasteiger partial charge on any atom is -0.506 e. The maximum atomic E-state index is 11.8. The number of benzene rings is 1. The van der Waals surface area contributed by atoms with Crippen LogP contribution in [0.3, 0.4) is 0 Å². The lowest BCUT2D eigenvalue weighted by Crippen LogP contribution is -2.28. The molecule has 0 saturated carbocycles. The molecule has 98 valence electrons. The van der Waals surface area contributed by atoms with Gasteiger partial charge in [-0.1, -0.05) is 12.1 Å². The Morgan fingerprint density at radius 2 is 2.06 bits per heavy atom. The molecular weight excluding hydrogens is 228 g/mol. The molecule has 0 radical (unpaired) electrons. The zero-order chi connectivity index (χ0) is 12.8. The Morgan fingerprint density at radius 1 is 1.33 bits per heavy atom. The molecule has 4 heteroatoms. The number of phenols is 1. The first-order valence-electron chi connectivity index (χ1n) is 6.54. The summed E-state index contributed by atoms with van der Waals surface area (Å²) in [6.45, 7) is 2.12. The molecule has 0 atom stereocenters. The maximum Gasteiger partial charge on any atom is 0.224 e. The van der Waals surface area contributed by atoms with Crippen LogP contribution in [0, 0.1) is 5.92 Å². The van der Waals surface area contributed by atoms with Crippen molar-refractivity contribution in [1.29, 1.82) is 0 Å². The topological polar surface area (TPSA) is 61.4 Å². The summed E-state index contributed by atoms with van der Waals surface area (Å²) in [6, 6.07) is 6.81. The molecule has 4 nitrogen and oxygen atoms in total. The van der Waals surface area contributed by atoms with Crippen LogP contribution in [0.5, 0.6) is 5.75 Å². The second-order valence-corrected chi connectivity index (χ2v) is 4.80. The molecule has 0 aromatic heterocycles. The summed E-state index contributed by atoms with van der Waals surface area (Å²) in [5.41, 5.74) is 0.493. The van der Waals surface area contributed by atoms with E-state index in [9.17, 15) is 9.90 Å². The average Bonchev–Trinajstić information content (AvgIpc) is 2.40. The van der Waals surface area contributed by atoms with E-state index in [4.69, 9.17) is 0 Å². The number of hydrogen-bond acceptors (Lipinski definition) is 3. The summed E-state index contributed by atoms with van der Waals surface area (Å²) >= 11 is 0. The normalized spacial score (nSPS) is 16.4. The number of carbonyl (C=O) groups excluding carboxylic acids is 1. The van der Waals surface area contributed by atoms with Gasteiger partial charge in [-0.3, -0.25) is 4.79 Å². The van der Waals surface area contributed by atoms with Crippen molar-refractivity contribution in [2.45, 2.75) is 25.7 Å². The Hall–Kier alpha value is -1.55. The molecule has 3 N–H and O–H groups in total. The van der Waals surface area contributed by atoms with Crippen molar-refractivity contribution < 1.29 is 9.90 Å². The first-order chi connectivity index (χ1) is 8.75. The van der Waals surface area contributed by atoms with Gasteiger partial charge in [-0.25, -0.2) is 0 Å². The fourth-order valence-corrected chi connectivity index (χ4v) is 2.30. The third-order valence-corrected chi connectivity index (χ3v) is 3.42. The van der Waals surface area contributed by atoms with Gasteiger partial charge in [-0.15, -0.1) is 0 Å². The zero-order valence-electron chi connectivity index (χ0n) is 10.5. The first kappa shape index (κ1) is 12.9. The van der Waals surface area contributed by atoms with E-state index in [2.05, 4.69) is 10.6 Å². The summed E-state index contributed by atoms with van der Waals surface area (Å²) in [7, 11) is 0. The van der Waals surface area contributed by atoms with Crippen LogP contribution in [0.15, 0.2) is 24.3 Å². The van der Waals surface area contributed by atoms with Crippen molar-refractivity contribution in [3.8, 4) is 5.75 Å². The molecule has 1 heterocycles. The molecule has 1 amide bonds. The van der Waals surface area contributed by atoms with Crippen LogP contribution < -0.4 is 10.6 Å². The second-order valence-electron chi connectivity index (χ2n) is 4.80. The lowest BCUT2D eigenvalue weighted by atomic mass is 9.93. The quantitative estimate of drug-likeness (QED) is 0.715. The number of nitrogens with one attached hydrogen (secondary N) is 2. The second kappa shape index (κ2) is 6.40. The highest BCUT2D eigenvalue weighted by Crippen LogP contribution is 2.23. The number of amides is 1. The van der Waals surface area contributed by atoms with E-state index in [0.29, 0.717) is 18.0 Å². The fraction of sp³-hybridized carbons (Fsp3) is 0.500. The van der Waals surface area contributed by atoms with E-state index >= 15 is 0 Å². The monoisotopic (exact) mass is 248 g/mol. The molecular formula is C14H20N2O2. The molecule has 18 heavy (non-hydrogen) atoms. The van der Waals surface area contributed by atoms with E-state index in [-0.39, 0.29) is 11.7 Å². The number of anilines is 1. The molecule has 1 aromatic carbocycles. The van der Waals surface area contributed by atoms with Crippen LogP contribution in [-0.4, -0.2) is 24.1 Å². The van der Waals surface area contributed by atoms with Crippen molar-refractivity contribution in [3.63, 3.8) is 0 Å². The van der Waals surface area contributed by atoms with Crippen molar-refractivity contribution in [3.05, 3.63) is 24.3 Å². The predicted octanol–water partition coefficient (Wildman–Crippen LogP) is 2.11. The van der Waals surface area contributed by atoms with Crippen molar-refractivity contribution in [1.82, 2.24) is 5.32 Å². The Labute approximate surface area is 107 Å². The molecule has 1 aliphatic heterocycles. The van der Waals surface area contributed by atoms with Crippen molar-refractivity contribution >= 4 is 11.6 Å². The highest BCUT2D eigenvalue weighted by atomic mass is 16.3. The van der Waals surface area contributed by atoms with Gasteiger partial charge in [0.15, 0.2) is 0 Å². The summed E-state index contributed by atoms with van der Waals surface area (Å²) in [6.07, 6.45) is 3.77. The van der Waals surface area contributed by atoms with Crippen LogP contribution in [-0.2, 0) is 4.79 Å². The largest absolute Gasteiger partial charge is 0.506 e. The molecule has 0 aliphatic carbocycles. The molecule has 0 bridgehead atoms. The van der Waals surface area contributed by atoms with Gasteiger partial charge in [0.25, 0.3) is 0 Å². The number of carbonyl (C=O) groups is 1. The predicted molar refractivity (Wildman–Crippen MR) is 71.6 cm³/mol. The number of hydrogen-bond donors (Lipinski definition) is 3. The van der Waals surface area contributed by atoms with Gasteiger partial charge in [-0.2, -0.15) is 0 Å². The summed E-state index contributed by atoms with van der Waals surface area (Å²) < 4.78 is 0. The van der Waals surface area contributed by atoms with Gasteiger partial charge < -0.3 is 15.7 Å². The van der Waals surface area contributed by atoms with Crippen LogP contribution in [0.2, 0.25) is 0 Å². The van der Waals surface area contributed by atoms with Gasteiger partial charge in [0, 0.05) is 6.42 Å². The Bertz CT molecular complexity index is 401. The number of aromatic hydroxyl groups is 1. The highest BCUT2D eigenvalue weighted by Gasteiger charge is 2.14. The van der Waals surface area contributed by atoms with Crippen molar-refractivity contribution in [2.75, 3.05) is 18.4 Å². The Kier molecular flexibility index (Phi) is 4.59. The minimum atomic E-state index is -0.0185. The lowest BCUT2D eigenvalue weighted by Gasteiger charge is -2.22. The molecule has 0 unspecified atom stereocenters. The Balaban J connectivity index is 1.76. The minimum absolute atomic E-state index is 0.0185. The molecule has 0 spiro atoms. The molecule has 1 aromatic rings. The van der Waals surface area contributed by atoms with Crippen LogP contribution in [0.1, 0.15) is 25.7 Å². The lowest BCUT2D eigenvalue weighted by molar-refractivity contribution is -0.116. The zero-order valence-corrected chi connectivity index (χ0v) is 10.5. The third kappa shape index (κ3) is 3.74. The van der Waals surface area contributed by atoms with E-state index < -0.39 is 0 Å². The summed E-state index contributed by atoms with van der Waals surface area (Å²) in [4.78, 5) is 11.8. The van der Waals surface area contributed by atoms with E-state index in [1.807, 2.05) is 0 Å². The van der Waals surface area contributed by atoms with E-state index in [1.165, 1.54) is 0 Å².